The summed E-state index contributed by atoms with van der Waals surface area (Å²) in [5, 5.41) is 24.2. The minimum atomic E-state index is -0.533. The van der Waals surface area contributed by atoms with Crippen LogP contribution >= 0.6 is 0 Å². The Bertz CT molecular complexity index is 1700. The van der Waals surface area contributed by atoms with E-state index in [0.717, 1.165) is 10.8 Å². The van der Waals surface area contributed by atoms with Gasteiger partial charge in [0.1, 0.15) is 23.2 Å². The first-order valence-electron chi connectivity index (χ1n) is 14.8. The first-order chi connectivity index (χ1) is 21.5. The van der Waals surface area contributed by atoms with Crippen molar-refractivity contribution >= 4 is 45.8 Å². The molecule has 0 unspecified atom stereocenters. The fourth-order valence-corrected chi connectivity index (χ4v) is 5.35. The maximum atomic E-state index is 13.8. The molecule has 3 atom stereocenters. The molecule has 1 aliphatic heterocycles. The second-order valence-corrected chi connectivity index (χ2v) is 11.4. The molecule has 0 saturated heterocycles. The molecule has 4 N–H and O–H groups in total. The van der Waals surface area contributed by atoms with Gasteiger partial charge in [0.2, 0.25) is 0 Å². The number of anilines is 3. The lowest BCUT2D eigenvalue weighted by atomic mass is 9.99. The number of rotatable bonds is 7. The van der Waals surface area contributed by atoms with Crippen LogP contribution in [0.15, 0.2) is 65.2 Å². The second-order valence-electron chi connectivity index (χ2n) is 11.4. The van der Waals surface area contributed by atoms with E-state index in [0.29, 0.717) is 34.3 Å². The van der Waals surface area contributed by atoms with E-state index in [-0.39, 0.29) is 43.1 Å². The molecule has 4 aromatic rings. The van der Waals surface area contributed by atoms with Gasteiger partial charge in [-0.2, -0.15) is 0 Å². The third kappa shape index (κ3) is 6.86. The molecule has 0 fully saturated rings. The Hall–Kier alpha value is -5.10. The number of aryl methyl sites for hydroxylation is 2. The molecular weight excluding hydrogens is 576 g/mol. The number of aromatic nitrogens is 1. The highest BCUT2D eigenvalue weighted by molar-refractivity contribution is 6.03. The predicted octanol–water partition coefficient (Wildman–Crippen LogP) is 5.47. The summed E-state index contributed by atoms with van der Waals surface area (Å²) in [4.78, 5) is 43.0. The molecule has 0 aliphatic carbocycles. The van der Waals surface area contributed by atoms with E-state index in [1.165, 1.54) is 0 Å². The Morgan fingerprint density at radius 3 is 2.58 bits per heavy atom. The van der Waals surface area contributed by atoms with Crippen molar-refractivity contribution in [2.45, 2.75) is 39.8 Å². The average molecular weight is 615 g/mol. The third-order valence-electron chi connectivity index (χ3n) is 8.03. The number of hydrogen-bond donors (Lipinski definition) is 4. The summed E-state index contributed by atoms with van der Waals surface area (Å²) < 4.78 is 11.5. The quantitative estimate of drug-likeness (QED) is 0.216. The van der Waals surface area contributed by atoms with E-state index in [9.17, 15) is 19.5 Å². The van der Waals surface area contributed by atoms with Crippen molar-refractivity contribution in [2.24, 2.45) is 5.92 Å². The first-order valence-corrected chi connectivity index (χ1v) is 14.8. The van der Waals surface area contributed by atoms with Gasteiger partial charge in [-0.25, -0.2) is 9.59 Å². The Morgan fingerprint density at radius 2 is 1.84 bits per heavy atom. The molecule has 1 aromatic heterocycles. The Morgan fingerprint density at radius 1 is 1.09 bits per heavy atom. The van der Waals surface area contributed by atoms with E-state index in [1.54, 1.807) is 55.8 Å². The smallest absolute Gasteiger partial charge is 0.323 e. The lowest BCUT2D eigenvalue weighted by Crippen LogP contribution is -2.50. The highest BCUT2D eigenvalue weighted by Crippen LogP contribution is 2.31. The number of aliphatic hydroxyl groups is 1. The van der Waals surface area contributed by atoms with Crippen LogP contribution in [-0.4, -0.2) is 76.9 Å². The fraction of sp³-hybridized carbons (Fsp3) is 0.333. The number of fused-ring (bicyclic) bond motifs is 2. The summed E-state index contributed by atoms with van der Waals surface area (Å²) in [5.74, 6) is 0.247. The number of urea groups is 2. The number of hydrogen-bond acceptors (Lipinski definition) is 7. The molecule has 0 spiro atoms. The minimum absolute atomic E-state index is 0.192. The lowest BCUT2D eigenvalue weighted by Gasteiger charge is -2.38. The SMILES string of the molecule is Cc1noc(C)c1NC(=O)Nc1ccc2c(c1)C(=O)N([C@H](C)CO)C[C@H](C)[C@H](CN(C)C(=O)Nc1cccc3ccccc13)O2. The Kier molecular flexibility index (Phi) is 9.24. The van der Waals surface area contributed by atoms with Gasteiger partial charge in [0, 0.05) is 30.6 Å². The number of carbonyl (C=O) groups excluding carboxylic acids is 3. The molecule has 12 nitrogen and oxygen atoms in total. The van der Waals surface area contributed by atoms with Gasteiger partial charge in [0.15, 0.2) is 5.76 Å². The second kappa shape index (κ2) is 13.3. The van der Waals surface area contributed by atoms with Gasteiger partial charge in [-0.05, 0) is 50.4 Å². The van der Waals surface area contributed by atoms with Crippen LogP contribution in [0.4, 0.5) is 26.7 Å². The normalized spacial score (nSPS) is 17.0. The Balaban J connectivity index is 1.36. The monoisotopic (exact) mass is 614 g/mol. The topological polar surface area (TPSA) is 149 Å². The van der Waals surface area contributed by atoms with Crippen molar-refractivity contribution in [3.05, 3.63) is 77.7 Å². The van der Waals surface area contributed by atoms with Crippen molar-refractivity contribution in [3.8, 4) is 5.75 Å². The zero-order chi connectivity index (χ0) is 32.2. The maximum absolute atomic E-state index is 13.8. The predicted molar refractivity (Wildman–Crippen MR) is 172 cm³/mol. The molecule has 3 aromatic carbocycles. The number of benzene rings is 3. The zero-order valence-corrected chi connectivity index (χ0v) is 26.0. The number of likely N-dealkylation sites (N-methyl/N-ethyl adjacent to an activating group) is 1. The molecule has 236 valence electrons. The standard InChI is InChI=1S/C33H38N6O6/c1-19-16-39(20(2)18-40)31(41)26-15-24(34-32(42)36-30-21(3)37-45-22(30)4)13-14-28(26)44-29(19)17-38(5)33(43)35-27-12-8-10-23-9-6-7-11-25(23)27/h6-15,19-20,29,40H,16-18H2,1-5H3,(H,35,43)(H2,34,36,42)/t19-,20+,29-/m0/s1. The summed E-state index contributed by atoms with van der Waals surface area (Å²) >= 11 is 0. The van der Waals surface area contributed by atoms with Gasteiger partial charge in [-0.15, -0.1) is 0 Å². The van der Waals surface area contributed by atoms with E-state index in [1.807, 2.05) is 49.4 Å². The third-order valence-corrected chi connectivity index (χ3v) is 8.03. The van der Waals surface area contributed by atoms with Crippen molar-refractivity contribution in [1.29, 1.82) is 0 Å². The largest absolute Gasteiger partial charge is 0.487 e. The summed E-state index contributed by atoms with van der Waals surface area (Å²) in [6, 6.07) is 17.1. The van der Waals surface area contributed by atoms with Gasteiger partial charge in [0.25, 0.3) is 5.91 Å². The molecular formula is C33H38N6O6. The van der Waals surface area contributed by atoms with Crippen LogP contribution < -0.4 is 20.7 Å². The van der Waals surface area contributed by atoms with Crippen LogP contribution in [0, 0.1) is 19.8 Å². The lowest BCUT2D eigenvalue weighted by molar-refractivity contribution is 0.0371. The highest BCUT2D eigenvalue weighted by Gasteiger charge is 2.34. The van der Waals surface area contributed by atoms with E-state index in [4.69, 9.17) is 9.26 Å². The van der Waals surface area contributed by atoms with Crippen molar-refractivity contribution < 1.29 is 28.8 Å². The number of nitrogens with zero attached hydrogens (tertiary/aromatic N) is 3. The fourth-order valence-electron chi connectivity index (χ4n) is 5.35. The van der Waals surface area contributed by atoms with Gasteiger partial charge in [-0.1, -0.05) is 48.5 Å². The van der Waals surface area contributed by atoms with Crippen molar-refractivity contribution in [3.63, 3.8) is 0 Å². The van der Waals surface area contributed by atoms with Crippen LogP contribution in [0.5, 0.6) is 5.75 Å². The number of nitrogens with one attached hydrogen (secondary N) is 3. The maximum Gasteiger partial charge on any atom is 0.323 e. The molecule has 0 bridgehead atoms. The summed E-state index contributed by atoms with van der Waals surface area (Å²) in [7, 11) is 1.69. The van der Waals surface area contributed by atoms with Crippen LogP contribution in [-0.2, 0) is 0 Å². The minimum Gasteiger partial charge on any atom is -0.487 e. The number of carbonyl (C=O) groups is 3. The van der Waals surface area contributed by atoms with Crippen LogP contribution in [0.3, 0.4) is 0 Å². The molecule has 5 rings (SSSR count). The first kappa shape index (κ1) is 31.3. The number of aliphatic hydroxyl groups excluding tert-OH is 1. The molecule has 5 amide bonds. The molecule has 45 heavy (non-hydrogen) atoms. The average Bonchev–Trinajstić information content (AvgIpc) is 3.34. The van der Waals surface area contributed by atoms with E-state index < -0.39 is 18.2 Å². The Labute approximate surface area is 261 Å². The van der Waals surface area contributed by atoms with Crippen molar-refractivity contribution in [2.75, 3.05) is 42.7 Å². The molecule has 2 heterocycles. The molecule has 0 saturated carbocycles. The van der Waals surface area contributed by atoms with Gasteiger partial charge in [-0.3, -0.25) is 4.79 Å². The summed E-state index contributed by atoms with van der Waals surface area (Å²) in [5.41, 5.74) is 2.29. The molecule has 12 heteroatoms. The van der Waals surface area contributed by atoms with Crippen molar-refractivity contribution in [1.82, 2.24) is 15.0 Å². The number of ether oxygens (including phenoxy) is 1. The summed E-state index contributed by atoms with van der Waals surface area (Å²) in [6.07, 6.45) is -0.491. The molecule has 1 aliphatic rings. The molecule has 0 radical (unpaired) electrons. The van der Waals surface area contributed by atoms with Crippen LogP contribution in [0.1, 0.15) is 35.7 Å². The highest BCUT2D eigenvalue weighted by atomic mass is 16.5. The zero-order valence-electron chi connectivity index (χ0n) is 26.0. The van der Waals surface area contributed by atoms with Crippen LogP contribution in [0.2, 0.25) is 0 Å². The van der Waals surface area contributed by atoms with E-state index in [2.05, 4.69) is 21.1 Å². The summed E-state index contributed by atoms with van der Waals surface area (Å²) in [6.45, 7) is 7.41. The van der Waals surface area contributed by atoms with Gasteiger partial charge in [0.05, 0.1) is 30.4 Å². The van der Waals surface area contributed by atoms with E-state index >= 15 is 0 Å². The van der Waals surface area contributed by atoms with Gasteiger partial charge < -0.3 is 40.1 Å². The number of amides is 5. The van der Waals surface area contributed by atoms with Crippen LogP contribution in [0.25, 0.3) is 10.8 Å². The van der Waals surface area contributed by atoms with Gasteiger partial charge >= 0.3 is 12.1 Å².